The van der Waals surface area contributed by atoms with Crippen LogP contribution in [0.1, 0.15) is 82.0 Å². The second-order valence-electron chi connectivity index (χ2n) is 12.5. The number of carbonyl (C=O) groups excluding carboxylic acids is 1. The number of nitrogens with zero attached hydrogens (tertiary/aromatic N) is 2. The van der Waals surface area contributed by atoms with Crippen molar-refractivity contribution in [3.8, 4) is 5.88 Å². The van der Waals surface area contributed by atoms with Gasteiger partial charge in [0.1, 0.15) is 5.60 Å². The van der Waals surface area contributed by atoms with Crippen molar-refractivity contribution < 1.29 is 24.1 Å². The average Bonchev–Trinajstić information content (AvgIpc) is 3.41. The van der Waals surface area contributed by atoms with Gasteiger partial charge in [-0.15, -0.1) is 6.58 Å². The number of carbonyl (C=O) groups is 1. The van der Waals surface area contributed by atoms with Crippen molar-refractivity contribution in [2.45, 2.75) is 95.5 Å². The lowest BCUT2D eigenvalue weighted by atomic mass is 9.73. The summed E-state index contributed by atoms with van der Waals surface area (Å²) in [5, 5.41) is 17.7. The number of aromatic nitrogens is 2. The third-order valence-electron chi connectivity index (χ3n) is 7.89. The van der Waals surface area contributed by atoms with E-state index in [1.165, 1.54) is 5.56 Å². The number of hydrogen-bond acceptors (Lipinski definition) is 8. The standard InChI is InChI=1S/C31H42N4O5/c1-5-9-22(35-27(37)26-19-38-29(39-26)23-10-6-7-13-32-23)25(36)18-33-24-16-31(11-8-12-31)40-28-21(24)14-20(17-34-28)15-30(2,3)4/h5-7,10,13-14,17,22,24-26,29,33,36H,1,8-9,11-12,15-16,18-19H2,2-4H3,(H,35,37)/t22-,24?,25+,26?,29?/m0/s1. The van der Waals surface area contributed by atoms with Crippen LogP contribution in [0.4, 0.5) is 0 Å². The highest BCUT2D eigenvalue weighted by molar-refractivity contribution is 5.81. The molecule has 2 fully saturated rings. The zero-order valence-electron chi connectivity index (χ0n) is 23.8. The van der Waals surface area contributed by atoms with Gasteiger partial charge >= 0.3 is 0 Å². The smallest absolute Gasteiger partial charge is 0.252 e. The summed E-state index contributed by atoms with van der Waals surface area (Å²) in [6.07, 6.45) is 8.29. The summed E-state index contributed by atoms with van der Waals surface area (Å²) in [6.45, 7) is 10.9. The van der Waals surface area contributed by atoms with E-state index in [4.69, 9.17) is 19.2 Å². The van der Waals surface area contributed by atoms with Crippen molar-refractivity contribution in [1.29, 1.82) is 0 Å². The van der Waals surface area contributed by atoms with E-state index in [2.05, 4.69) is 49.0 Å². The van der Waals surface area contributed by atoms with Crippen LogP contribution in [-0.4, -0.2) is 58.0 Å². The zero-order chi connectivity index (χ0) is 28.3. The Morgan fingerprint density at radius 3 is 2.80 bits per heavy atom. The van der Waals surface area contributed by atoms with Crippen molar-refractivity contribution in [2.75, 3.05) is 13.2 Å². The fourth-order valence-electron chi connectivity index (χ4n) is 5.73. The molecule has 1 saturated carbocycles. The van der Waals surface area contributed by atoms with Crippen LogP contribution in [0.2, 0.25) is 0 Å². The van der Waals surface area contributed by atoms with E-state index in [1.54, 1.807) is 18.3 Å². The van der Waals surface area contributed by atoms with Gasteiger partial charge in [-0.3, -0.25) is 9.78 Å². The predicted molar refractivity (Wildman–Crippen MR) is 151 cm³/mol. The molecule has 3 unspecified atom stereocenters. The molecular formula is C31H42N4O5. The van der Waals surface area contributed by atoms with Gasteiger partial charge in [0.25, 0.3) is 5.91 Å². The average molecular weight is 551 g/mol. The van der Waals surface area contributed by atoms with Crippen LogP contribution >= 0.6 is 0 Å². The van der Waals surface area contributed by atoms with Gasteiger partial charge in [-0.05, 0) is 61.3 Å². The maximum atomic E-state index is 13.0. The minimum Gasteiger partial charge on any atom is -0.471 e. The molecule has 216 valence electrons. The highest BCUT2D eigenvalue weighted by atomic mass is 16.7. The predicted octanol–water partition coefficient (Wildman–Crippen LogP) is 3.94. The first-order valence-corrected chi connectivity index (χ1v) is 14.3. The van der Waals surface area contributed by atoms with Gasteiger partial charge in [-0.1, -0.05) is 32.9 Å². The second-order valence-corrected chi connectivity index (χ2v) is 12.5. The molecule has 1 saturated heterocycles. The Morgan fingerprint density at radius 2 is 2.12 bits per heavy atom. The van der Waals surface area contributed by atoms with Crippen LogP contribution in [-0.2, 0) is 20.7 Å². The molecule has 9 heteroatoms. The highest BCUT2D eigenvalue weighted by Gasteiger charge is 2.46. The summed E-state index contributed by atoms with van der Waals surface area (Å²) < 4.78 is 17.9. The van der Waals surface area contributed by atoms with Crippen molar-refractivity contribution in [1.82, 2.24) is 20.6 Å². The summed E-state index contributed by atoms with van der Waals surface area (Å²) in [7, 11) is 0. The van der Waals surface area contributed by atoms with Crippen LogP contribution in [0.25, 0.3) is 0 Å². The Balaban J connectivity index is 1.22. The molecule has 2 aromatic rings. The van der Waals surface area contributed by atoms with E-state index >= 15 is 0 Å². The molecule has 4 heterocycles. The van der Waals surface area contributed by atoms with Crippen LogP contribution in [0.5, 0.6) is 5.88 Å². The quantitative estimate of drug-likeness (QED) is 0.381. The van der Waals surface area contributed by atoms with Gasteiger partial charge in [0.15, 0.2) is 6.10 Å². The van der Waals surface area contributed by atoms with Gasteiger partial charge < -0.3 is 30.0 Å². The number of hydrogen-bond donors (Lipinski definition) is 3. The Hall–Kier alpha value is -2.85. The first kappa shape index (κ1) is 28.7. The third kappa shape index (κ3) is 6.71. The van der Waals surface area contributed by atoms with E-state index in [9.17, 15) is 9.90 Å². The molecule has 1 spiro atoms. The fourth-order valence-corrected chi connectivity index (χ4v) is 5.73. The Labute approximate surface area is 236 Å². The molecule has 9 nitrogen and oxygen atoms in total. The zero-order valence-corrected chi connectivity index (χ0v) is 23.8. The van der Waals surface area contributed by atoms with Gasteiger partial charge in [0.2, 0.25) is 12.2 Å². The second kappa shape index (κ2) is 11.9. The van der Waals surface area contributed by atoms with Gasteiger partial charge in [-0.2, -0.15) is 0 Å². The summed E-state index contributed by atoms with van der Waals surface area (Å²) >= 11 is 0. The molecule has 3 N–H and O–H groups in total. The summed E-state index contributed by atoms with van der Waals surface area (Å²) in [5.41, 5.74) is 2.78. The summed E-state index contributed by atoms with van der Waals surface area (Å²) in [6, 6.07) is 7.11. The topological polar surface area (TPSA) is 115 Å². The first-order valence-electron chi connectivity index (χ1n) is 14.3. The molecule has 2 aliphatic heterocycles. The summed E-state index contributed by atoms with van der Waals surface area (Å²) in [4.78, 5) is 22.0. The minimum atomic E-state index is -0.842. The normalized spacial score (nSPS) is 24.9. The van der Waals surface area contributed by atoms with Crippen LogP contribution in [0.15, 0.2) is 49.3 Å². The first-order chi connectivity index (χ1) is 19.1. The van der Waals surface area contributed by atoms with Crippen LogP contribution in [0, 0.1) is 5.41 Å². The van der Waals surface area contributed by atoms with Crippen molar-refractivity contribution in [2.24, 2.45) is 5.41 Å². The Morgan fingerprint density at radius 1 is 1.30 bits per heavy atom. The largest absolute Gasteiger partial charge is 0.471 e. The molecule has 0 radical (unpaired) electrons. The number of pyridine rings is 2. The molecule has 0 aromatic carbocycles. The number of nitrogens with one attached hydrogen (secondary N) is 2. The molecule has 1 aliphatic carbocycles. The summed E-state index contributed by atoms with van der Waals surface area (Å²) in [5.74, 6) is 0.359. The molecule has 3 aliphatic rings. The lowest BCUT2D eigenvalue weighted by Crippen LogP contribution is -2.53. The fraction of sp³-hybridized carbons (Fsp3) is 0.581. The van der Waals surface area contributed by atoms with E-state index in [1.807, 2.05) is 18.3 Å². The van der Waals surface area contributed by atoms with E-state index in [0.717, 1.165) is 37.7 Å². The number of aliphatic hydroxyl groups is 1. The maximum Gasteiger partial charge on any atom is 0.252 e. The van der Waals surface area contributed by atoms with E-state index in [0.29, 0.717) is 24.5 Å². The molecule has 1 amide bonds. The van der Waals surface area contributed by atoms with E-state index in [-0.39, 0.29) is 29.6 Å². The SMILES string of the molecule is C=CC[C@H](NC(=O)C1COC(c2ccccn2)O1)[C@H](O)CNC1CC2(CCC2)Oc2ncc(CC(C)(C)C)cc21. The van der Waals surface area contributed by atoms with Crippen LogP contribution in [0.3, 0.4) is 0 Å². The third-order valence-corrected chi connectivity index (χ3v) is 7.89. The van der Waals surface area contributed by atoms with Gasteiger partial charge in [-0.25, -0.2) is 4.98 Å². The van der Waals surface area contributed by atoms with Crippen LogP contribution < -0.4 is 15.4 Å². The molecule has 0 bridgehead atoms. The number of aliphatic hydroxyl groups excluding tert-OH is 1. The minimum absolute atomic E-state index is 0.00287. The Kier molecular flexibility index (Phi) is 8.56. The molecular weight excluding hydrogens is 508 g/mol. The van der Waals surface area contributed by atoms with Gasteiger partial charge in [0, 0.05) is 37.0 Å². The number of fused-ring (bicyclic) bond motifs is 1. The van der Waals surface area contributed by atoms with Crippen molar-refractivity contribution in [3.63, 3.8) is 0 Å². The van der Waals surface area contributed by atoms with Crippen molar-refractivity contribution in [3.05, 3.63) is 66.1 Å². The van der Waals surface area contributed by atoms with Crippen molar-refractivity contribution >= 4 is 5.91 Å². The Bertz CT molecular complexity index is 1180. The molecule has 40 heavy (non-hydrogen) atoms. The lowest BCUT2D eigenvalue weighted by molar-refractivity contribution is -0.135. The monoisotopic (exact) mass is 550 g/mol. The number of amides is 1. The molecule has 5 atom stereocenters. The molecule has 5 rings (SSSR count). The number of ether oxygens (including phenoxy) is 3. The maximum absolute atomic E-state index is 13.0. The van der Waals surface area contributed by atoms with Gasteiger partial charge in [0.05, 0.1) is 24.4 Å². The lowest BCUT2D eigenvalue weighted by Gasteiger charge is -2.47. The highest BCUT2D eigenvalue weighted by Crippen LogP contribution is 2.48. The molecule has 2 aromatic heterocycles. The number of rotatable bonds is 10. The van der Waals surface area contributed by atoms with E-state index < -0.39 is 24.5 Å².